The predicted octanol–water partition coefficient (Wildman–Crippen LogP) is 4.46. The molecule has 8 heteroatoms. The highest BCUT2D eigenvalue weighted by Gasteiger charge is 2.15. The van der Waals surface area contributed by atoms with Crippen molar-refractivity contribution < 1.29 is 9.53 Å². The van der Waals surface area contributed by atoms with Crippen molar-refractivity contribution in [3.05, 3.63) is 78.1 Å². The highest BCUT2D eigenvalue weighted by atomic mass is 35.5. The van der Waals surface area contributed by atoms with Gasteiger partial charge in [0.25, 0.3) is 0 Å². The fraction of sp³-hybridized carbons (Fsp3) is 0.174. The molecule has 3 heterocycles. The zero-order chi connectivity index (χ0) is 20.8. The molecule has 4 aromatic rings. The Labute approximate surface area is 191 Å². The number of nitrogens with zero attached hydrogens (tertiary/aromatic N) is 3. The van der Waals surface area contributed by atoms with Crippen molar-refractivity contribution in [3.8, 4) is 27.4 Å². The number of ether oxygens (including phenoxy) is 1. The van der Waals surface area contributed by atoms with Crippen LogP contribution in [0.2, 0.25) is 0 Å². The molecule has 160 valence electrons. The van der Waals surface area contributed by atoms with Crippen molar-refractivity contribution in [3.63, 3.8) is 0 Å². The minimum absolute atomic E-state index is 0. The van der Waals surface area contributed by atoms with Gasteiger partial charge in [-0.3, -0.25) is 14.5 Å². The largest absolute Gasteiger partial charge is 0.497 e. The van der Waals surface area contributed by atoms with Gasteiger partial charge in [-0.2, -0.15) is 5.10 Å². The number of pyridine rings is 1. The molecule has 0 atom stereocenters. The van der Waals surface area contributed by atoms with E-state index in [0.29, 0.717) is 19.5 Å². The molecule has 0 spiro atoms. The average Bonchev–Trinajstić information content (AvgIpc) is 3.45. The van der Waals surface area contributed by atoms with Crippen LogP contribution in [-0.4, -0.2) is 34.3 Å². The molecule has 0 aliphatic rings. The normalized spacial score (nSPS) is 10.4. The molecule has 1 amide bonds. The highest BCUT2D eigenvalue weighted by molar-refractivity contribution is 7.13. The van der Waals surface area contributed by atoms with E-state index < -0.39 is 0 Å². The van der Waals surface area contributed by atoms with Crippen LogP contribution < -0.4 is 10.1 Å². The lowest BCUT2D eigenvalue weighted by atomic mass is 10.1. The second kappa shape index (κ2) is 10.7. The smallest absolute Gasteiger partial charge is 0.224 e. The minimum Gasteiger partial charge on any atom is -0.497 e. The Morgan fingerprint density at radius 1 is 1.13 bits per heavy atom. The predicted molar refractivity (Wildman–Crippen MR) is 126 cm³/mol. The summed E-state index contributed by atoms with van der Waals surface area (Å²) < 4.78 is 7.09. The summed E-state index contributed by atoms with van der Waals surface area (Å²) in [5.74, 6) is 0.763. The number of rotatable bonds is 8. The van der Waals surface area contributed by atoms with E-state index in [1.165, 1.54) is 0 Å². The van der Waals surface area contributed by atoms with Gasteiger partial charge in [0.05, 0.1) is 32.0 Å². The second-order valence-electron chi connectivity index (χ2n) is 6.72. The third-order valence-corrected chi connectivity index (χ3v) is 5.65. The first-order chi connectivity index (χ1) is 14.7. The molecule has 1 N–H and O–H groups in total. The van der Waals surface area contributed by atoms with Gasteiger partial charge in [0.1, 0.15) is 5.75 Å². The number of amides is 1. The molecule has 0 bridgehead atoms. The number of carbonyl (C=O) groups is 1. The van der Waals surface area contributed by atoms with Gasteiger partial charge >= 0.3 is 0 Å². The van der Waals surface area contributed by atoms with Crippen LogP contribution in [0.5, 0.6) is 5.75 Å². The molecule has 1 aromatic carbocycles. The molecule has 6 nitrogen and oxygen atoms in total. The van der Waals surface area contributed by atoms with E-state index >= 15 is 0 Å². The Balaban J connectivity index is 0.00000272. The number of methoxy groups -OCH3 is 1. The van der Waals surface area contributed by atoms with Crippen LogP contribution in [-0.2, 0) is 17.8 Å². The lowest BCUT2D eigenvalue weighted by Gasteiger charge is -2.11. The monoisotopic (exact) mass is 454 g/mol. The number of benzene rings is 1. The molecule has 31 heavy (non-hydrogen) atoms. The molecule has 0 saturated heterocycles. The van der Waals surface area contributed by atoms with Gasteiger partial charge in [-0.15, -0.1) is 23.7 Å². The third kappa shape index (κ3) is 5.51. The van der Waals surface area contributed by atoms with E-state index in [1.54, 1.807) is 30.8 Å². The number of nitrogens with one attached hydrogen (secondary N) is 1. The second-order valence-corrected chi connectivity index (χ2v) is 7.67. The molecule has 3 aromatic heterocycles. The summed E-state index contributed by atoms with van der Waals surface area (Å²) in [5, 5.41) is 9.63. The van der Waals surface area contributed by atoms with Crippen molar-refractivity contribution >= 4 is 29.7 Å². The summed E-state index contributed by atoms with van der Waals surface area (Å²) in [6.45, 7) is 1.08. The number of halogens is 1. The molecule has 0 aliphatic heterocycles. The Kier molecular flexibility index (Phi) is 7.81. The lowest BCUT2D eigenvalue weighted by molar-refractivity contribution is -0.120. The first-order valence-corrected chi connectivity index (χ1v) is 10.5. The quantitative estimate of drug-likeness (QED) is 0.426. The summed E-state index contributed by atoms with van der Waals surface area (Å²) in [7, 11) is 1.63. The molecule has 4 rings (SSSR count). The fourth-order valence-electron chi connectivity index (χ4n) is 3.27. The number of thiophene rings is 1. The average molecular weight is 455 g/mol. The standard InChI is InChI=1S/C23H22N4O2S.ClH/c1-29-19-6-4-17(5-7-19)15-22(28)25-12-13-27-23(18-8-10-24-11-9-18)20(16-26-27)21-3-2-14-30-21;/h2-11,14,16H,12-13,15H2,1H3,(H,25,28);1H. The molecular formula is C23H23ClN4O2S. The van der Waals surface area contributed by atoms with Gasteiger partial charge in [-0.05, 0) is 41.3 Å². The zero-order valence-corrected chi connectivity index (χ0v) is 18.7. The highest BCUT2D eigenvalue weighted by Crippen LogP contribution is 2.34. The molecule has 0 unspecified atom stereocenters. The summed E-state index contributed by atoms with van der Waals surface area (Å²) in [6.07, 6.45) is 5.78. The maximum Gasteiger partial charge on any atom is 0.224 e. The van der Waals surface area contributed by atoms with Crippen LogP contribution in [0.25, 0.3) is 21.7 Å². The zero-order valence-electron chi connectivity index (χ0n) is 17.0. The number of hydrogen-bond acceptors (Lipinski definition) is 5. The lowest BCUT2D eigenvalue weighted by Crippen LogP contribution is -2.29. The number of aromatic nitrogens is 3. The van der Waals surface area contributed by atoms with Gasteiger partial charge in [-0.1, -0.05) is 18.2 Å². The van der Waals surface area contributed by atoms with E-state index in [9.17, 15) is 4.79 Å². The van der Waals surface area contributed by atoms with E-state index in [-0.39, 0.29) is 18.3 Å². The van der Waals surface area contributed by atoms with Crippen LogP contribution in [0.3, 0.4) is 0 Å². The Morgan fingerprint density at radius 2 is 1.90 bits per heavy atom. The van der Waals surface area contributed by atoms with E-state index in [2.05, 4.69) is 26.8 Å². The summed E-state index contributed by atoms with van der Waals surface area (Å²) in [6, 6.07) is 15.6. The molecule has 0 fully saturated rings. The topological polar surface area (TPSA) is 69.0 Å². The van der Waals surface area contributed by atoms with Crippen molar-refractivity contribution in [2.75, 3.05) is 13.7 Å². The van der Waals surface area contributed by atoms with Gasteiger partial charge < -0.3 is 10.1 Å². The first-order valence-electron chi connectivity index (χ1n) is 9.64. The van der Waals surface area contributed by atoms with Crippen LogP contribution in [0.1, 0.15) is 5.56 Å². The molecule has 0 aliphatic carbocycles. The van der Waals surface area contributed by atoms with E-state index in [1.807, 2.05) is 53.3 Å². The molecular weight excluding hydrogens is 432 g/mol. The maximum absolute atomic E-state index is 12.3. The first kappa shape index (κ1) is 22.5. The summed E-state index contributed by atoms with van der Waals surface area (Å²) in [4.78, 5) is 17.6. The number of carbonyl (C=O) groups excluding carboxylic acids is 1. The Morgan fingerprint density at radius 3 is 2.58 bits per heavy atom. The van der Waals surface area contributed by atoms with Crippen LogP contribution in [0.15, 0.2) is 72.5 Å². The summed E-state index contributed by atoms with van der Waals surface area (Å²) in [5.41, 5.74) is 4.12. The van der Waals surface area contributed by atoms with Gasteiger partial charge in [0.15, 0.2) is 0 Å². The summed E-state index contributed by atoms with van der Waals surface area (Å²) >= 11 is 1.68. The maximum atomic E-state index is 12.3. The molecule has 0 saturated carbocycles. The van der Waals surface area contributed by atoms with Crippen LogP contribution >= 0.6 is 23.7 Å². The van der Waals surface area contributed by atoms with Gasteiger partial charge in [0, 0.05) is 34.9 Å². The van der Waals surface area contributed by atoms with Crippen molar-refractivity contribution in [2.24, 2.45) is 0 Å². The Bertz CT molecular complexity index is 1100. The van der Waals surface area contributed by atoms with Gasteiger partial charge in [0.2, 0.25) is 5.91 Å². The van der Waals surface area contributed by atoms with Crippen LogP contribution in [0.4, 0.5) is 0 Å². The molecule has 0 radical (unpaired) electrons. The SMILES string of the molecule is COc1ccc(CC(=O)NCCn2ncc(-c3cccs3)c2-c2ccncc2)cc1.Cl. The third-order valence-electron chi connectivity index (χ3n) is 4.75. The van der Waals surface area contributed by atoms with Crippen molar-refractivity contribution in [2.45, 2.75) is 13.0 Å². The number of hydrogen-bond donors (Lipinski definition) is 1. The van der Waals surface area contributed by atoms with E-state index in [0.717, 1.165) is 33.0 Å². The van der Waals surface area contributed by atoms with E-state index in [4.69, 9.17) is 4.74 Å². The minimum atomic E-state index is -0.0173. The fourth-order valence-corrected chi connectivity index (χ4v) is 4.01. The van der Waals surface area contributed by atoms with Gasteiger partial charge in [-0.25, -0.2) is 0 Å². The van der Waals surface area contributed by atoms with Crippen molar-refractivity contribution in [1.82, 2.24) is 20.1 Å². The van der Waals surface area contributed by atoms with Crippen molar-refractivity contribution in [1.29, 1.82) is 0 Å². The Hall–Kier alpha value is -3.16. The van der Waals surface area contributed by atoms with Crippen LogP contribution in [0, 0.1) is 0 Å².